The molecule has 0 aliphatic carbocycles. The highest BCUT2D eigenvalue weighted by Gasteiger charge is 1.98. The molecular formula is C14H24ClNO. The highest BCUT2D eigenvalue weighted by Crippen LogP contribution is 2.21. The van der Waals surface area contributed by atoms with Crippen LogP contribution in [0.1, 0.15) is 51.0 Å². The summed E-state index contributed by atoms with van der Waals surface area (Å²) in [4.78, 5) is 0. The summed E-state index contributed by atoms with van der Waals surface area (Å²) >= 11 is 0. The Morgan fingerprint density at radius 1 is 1.06 bits per heavy atom. The van der Waals surface area contributed by atoms with Crippen LogP contribution in [0.4, 0.5) is 5.69 Å². The average molecular weight is 258 g/mol. The van der Waals surface area contributed by atoms with E-state index in [1.165, 1.54) is 44.1 Å². The van der Waals surface area contributed by atoms with Crippen molar-refractivity contribution in [3.8, 4) is 5.75 Å². The largest absolute Gasteiger partial charge is 0.506 e. The topological polar surface area (TPSA) is 46.2 Å². The fraction of sp³-hybridized carbons (Fsp3) is 0.571. The van der Waals surface area contributed by atoms with Gasteiger partial charge >= 0.3 is 0 Å². The molecule has 0 heterocycles. The summed E-state index contributed by atoms with van der Waals surface area (Å²) in [5, 5.41) is 9.29. The van der Waals surface area contributed by atoms with E-state index in [0.717, 1.165) is 6.42 Å². The van der Waals surface area contributed by atoms with Gasteiger partial charge in [-0.05, 0) is 30.5 Å². The van der Waals surface area contributed by atoms with E-state index >= 15 is 0 Å². The number of benzene rings is 1. The molecule has 0 aliphatic rings. The molecule has 98 valence electrons. The molecule has 2 nitrogen and oxygen atoms in total. The zero-order valence-corrected chi connectivity index (χ0v) is 11.4. The average Bonchev–Trinajstić information content (AvgIpc) is 2.28. The van der Waals surface area contributed by atoms with Crippen LogP contribution in [0.2, 0.25) is 0 Å². The Balaban J connectivity index is 0.00000256. The van der Waals surface area contributed by atoms with E-state index in [4.69, 9.17) is 5.73 Å². The Labute approximate surface area is 111 Å². The lowest BCUT2D eigenvalue weighted by molar-refractivity contribution is 0.477. The second kappa shape index (κ2) is 9.17. The number of hydrogen-bond donors (Lipinski definition) is 2. The third-order valence-corrected chi connectivity index (χ3v) is 2.91. The maximum atomic E-state index is 9.29. The lowest BCUT2D eigenvalue weighted by Crippen LogP contribution is -1.90. The van der Waals surface area contributed by atoms with Crippen molar-refractivity contribution in [3.05, 3.63) is 23.8 Å². The Morgan fingerprint density at radius 3 is 2.35 bits per heavy atom. The molecule has 0 fully saturated rings. The summed E-state index contributed by atoms with van der Waals surface area (Å²) in [6.07, 6.45) is 8.92. The van der Waals surface area contributed by atoms with Gasteiger partial charge in [0.05, 0.1) is 5.69 Å². The number of aromatic hydroxyl groups is 1. The second-order valence-electron chi connectivity index (χ2n) is 4.41. The minimum Gasteiger partial charge on any atom is -0.506 e. The minimum absolute atomic E-state index is 0. The lowest BCUT2D eigenvalue weighted by atomic mass is 10.0. The third kappa shape index (κ3) is 6.42. The monoisotopic (exact) mass is 257 g/mol. The van der Waals surface area contributed by atoms with Crippen LogP contribution in [0.5, 0.6) is 5.75 Å². The molecule has 1 aromatic carbocycles. The van der Waals surface area contributed by atoms with Crippen LogP contribution in [-0.4, -0.2) is 5.11 Å². The first kappa shape index (κ1) is 16.1. The van der Waals surface area contributed by atoms with E-state index in [1.807, 2.05) is 12.1 Å². The van der Waals surface area contributed by atoms with Gasteiger partial charge in [-0.25, -0.2) is 0 Å². The Bertz CT molecular complexity index is 315. The van der Waals surface area contributed by atoms with Crippen molar-refractivity contribution >= 4 is 18.1 Å². The molecule has 0 atom stereocenters. The maximum Gasteiger partial charge on any atom is 0.138 e. The lowest BCUT2D eigenvalue weighted by Gasteiger charge is -2.04. The van der Waals surface area contributed by atoms with Gasteiger partial charge in [0.1, 0.15) is 5.75 Å². The summed E-state index contributed by atoms with van der Waals surface area (Å²) in [5.41, 5.74) is 7.36. The van der Waals surface area contributed by atoms with Crippen LogP contribution < -0.4 is 5.73 Å². The molecule has 0 bridgehead atoms. The van der Waals surface area contributed by atoms with Gasteiger partial charge in [-0.3, -0.25) is 0 Å². The summed E-state index contributed by atoms with van der Waals surface area (Å²) in [7, 11) is 0. The number of unbranched alkanes of at least 4 members (excludes halogenated alkanes) is 5. The molecule has 0 saturated carbocycles. The molecule has 17 heavy (non-hydrogen) atoms. The molecule has 0 aromatic heterocycles. The smallest absolute Gasteiger partial charge is 0.138 e. The molecule has 0 aliphatic heterocycles. The standard InChI is InChI=1S/C14H23NO.ClH/c1-2-3-4-5-6-7-8-12-9-10-14(16)13(15)11-12;/h9-11,16H,2-8,15H2,1H3;1H. The van der Waals surface area contributed by atoms with Crippen molar-refractivity contribution < 1.29 is 5.11 Å². The predicted octanol–water partition coefficient (Wildman–Crippen LogP) is 4.30. The minimum atomic E-state index is 0. The van der Waals surface area contributed by atoms with E-state index in [0.29, 0.717) is 5.69 Å². The number of anilines is 1. The van der Waals surface area contributed by atoms with Crippen molar-refractivity contribution in [2.75, 3.05) is 5.73 Å². The van der Waals surface area contributed by atoms with E-state index in [1.54, 1.807) is 6.07 Å². The predicted molar refractivity (Wildman–Crippen MR) is 76.8 cm³/mol. The zero-order chi connectivity index (χ0) is 11.8. The van der Waals surface area contributed by atoms with Crippen molar-refractivity contribution in [1.29, 1.82) is 0 Å². The van der Waals surface area contributed by atoms with Gasteiger partial charge in [0.25, 0.3) is 0 Å². The number of halogens is 1. The Morgan fingerprint density at radius 2 is 1.71 bits per heavy atom. The molecule has 0 spiro atoms. The van der Waals surface area contributed by atoms with Gasteiger partial charge in [0.2, 0.25) is 0 Å². The number of rotatable bonds is 7. The van der Waals surface area contributed by atoms with E-state index in [-0.39, 0.29) is 18.2 Å². The van der Waals surface area contributed by atoms with E-state index in [2.05, 4.69) is 6.92 Å². The number of nitrogen functional groups attached to an aromatic ring is 1. The van der Waals surface area contributed by atoms with Crippen molar-refractivity contribution in [3.63, 3.8) is 0 Å². The number of hydrogen-bond acceptors (Lipinski definition) is 2. The molecule has 0 radical (unpaired) electrons. The first-order chi connectivity index (χ1) is 7.74. The molecule has 1 rings (SSSR count). The molecule has 3 N–H and O–H groups in total. The second-order valence-corrected chi connectivity index (χ2v) is 4.41. The van der Waals surface area contributed by atoms with Crippen LogP contribution in [0.3, 0.4) is 0 Å². The SMILES string of the molecule is CCCCCCCCc1ccc(O)c(N)c1.Cl. The maximum absolute atomic E-state index is 9.29. The summed E-state index contributed by atoms with van der Waals surface area (Å²) in [5.74, 6) is 0.187. The number of phenolic OH excluding ortho intramolecular Hbond substituents is 1. The van der Waals surface area contributed by atoms with Gasteiger partial charge in [-0.2, -0.15) is 0 Å². The van der Waals surface area contributed by atoms with Crippen LogP contribution in [0, 0.1) is 0 Å². The first-order valence-corrected chi connectivity index (χ1v) is 6.31. The molecule has 0 unspecified atom stereocenters. The van der Waals surface area contributed by atoms with E-state index in [9.17, 15) is 5.11 Å². The quantitative estimate of drug-likeness (QED) is 0.435. The van der Waals surface area contributed by atoms with Crippen molar-refractivity contribution in [1.82, 2.24) is 0 Å². The number of nitrogens with two attached hydrogens (primary N) is 1. The van der Waals surface area contributed by atoms with Gasteiger partial charge in [0.15, 0.2) is 0 Å². The van der Waals surface area contributed by atoms with Gasteiger partial charge in [0, 0.05) is 0 Å². The number of aryl methyl sites for hydroxylation is 1. The first-order valence-electron chi connectivity index (χ1n) is 6.31. The summed E-state index contributed by atoms with van der Waals surface area (Å²) in [6.45, 7) is 2.24. The Kier molecular flexibility index (Phi) is 8.69. The molecule has 0 saturated heterocycles. The third-order valence-electron chi connectivity index (χ3n) is 2.91. The van der Waals surface area contributed by atoms with Crippen LogP contribution in [-0.2, 0) is 6.42 Å². The molecule has 0 amide bonds. The highest BCUT2D eigenvalue weighted by molar-refractivity contribution is 5.85. The molecule has 1 aromatic rings. The Hall–Kier alpha value is -0.890. The summed E-state index contributed by atoms with van der Waals surface area (Å²) in [6, 6.07) is 5.51. The van der Waals surface area contributed by atoms with Crippen LogP contribution in [0.25, 0.3) is 0 Å². The molecular weight excluding hydrogens is 234 g/mol. The van der Waals surface area contributed by atoms with E-state index < -0.39 is 0 Å². The summed E-state index contributed by atoms with van der Waals surface area (Å²) < 4.78 is 0. The van der Waals surface area contributed by atoms with Crippen LogP contribution in [0.15, 0.2) is 18.2 Å². The number of phenols is 1. The van der Waals surface area contributed by atoms with Gasteiger partial charge in [-0.15, -0.1) is 12.4 Å². The van der Waals surface area contributed by atoms with Crippen molar-refractivity contribution in [2.24, 2.45) is 0 Å². The fourth-order valence-corrected chi connectivity index (χ4v) is 1.87. The normalized spacial score (nSPS) is 9.94. The fourth-order valence-electron chi connectivity index (χ4n) is 1.87. The van der Waals surface area contributed by atoms with Crippen LogP contribution >= 0.6 is 12.4 Å². The van der Waals surface area contributed by atoms with Gasteiger partial charge < -0.3 is 10.8 Å². The highest BCUT2D eigenvalue weighted by atomic mass is 35.5. The zero-order valence-electron chi connectivity index (χ0n) is 10.6. The van der Waals surface area contributed by atoms with Crippen molar-refractivity contribution in [2.45, 2.75) is 51.9 Å². The van der Waals surface area contributed by atoms with Gasteiger partial charge in [-0.1, -0.05) is 45.1 Å². The molecule has 3 heteroatoms.